The van der Waals surface area contributed by atoms with Crippen molar-refractivity contribution in [3.63, 3.8) is 0 Å². The van der Waals surface area contributed by atoms with Gasteiger partial charge in [-0.1, -0.05) is 20.8 Å². The highest BCUT2D eigenvalue weighted by molar-refractivity contribution is 5.81. The van der Waals surface area contributed by atoms with Crippen LogP contribution in [0.25, 0.3) is 0 Å². The highest BCUT2D eigenvalue weighted by atomic mass is 16.5. The Morgan fingerprint density at radius 1 is 1.56 bits per heavy atom. The van der Waals surface area contributed by atoms with Crippen molar-refractivity contribution in [2.24, 2.45) is 10.5 Å². The summed E-state index contributed by atoms with van der Waals surface area (Å²) in [5.74, 6) is 0.794. The van der Waals surface area contributed by atoms with Gasteiger partial charge in [-0.25, -0.2) is 0 Å². The molecule has 0 fully saturated rings. The number of hydrazone groups is 1. The van der Waals surface area contributed by atoms with Crippen molar-refractivity contribution < 1.29 is 4.74 Å². The molecule has 0 aromatic carbocycles. The minimum absolute atomic E-state index is 0.0451. The Morgan fingerprint density at radius 2 is 2.22 bits per heavy atom. The second-order valence-electron chi connectivity index (χ2n) is 3.11. The van der Waals surface area contributed by atoms with E-state index in [0.29, 0.717) is 6.73 Å². The molecule has 0 spiro atoms. The van der Waals surface area contributed by atoms with Gasteiger partial charge < -0.3 is 4.74 Å². The molecule has 1 N–H and O–H groups in total. The number of ether oxygens (including phenoxy) is 1. The molecule has 0 atom stereocenters. The maximum atomic E-state index is 5.16. The van der Waals surface area contributed by atoms with E-state index in [1.54, 1.807) is 0 Å². The molecule has 0 amide bonds. The van der Waals surface area contributed by atoms with Crippen LogP contribution in [0.2, 0.25) is 0 Å². The second kappa shape index (κ2) is 1.90. The molecule has 0 saturated heterocycles. The normalized spacial score (nSPS) is 18.3. The Morgan fingerprint density at radius 3 is 2.44 bits per heavy atom. The number of hydrogen-bond donors (Lipinski definition) is 1. The van der Waals surface area contributed by atoms with E-state index >= 15 is 0 Å². The largest absolute Gasteiger partial charge is 0.457 e. The van der Waals surface area contributed by atoms with Crippen LogP contribution in [0.4, 0.5) is 0 Å². The average molecular weight is 128 g/mol. The lowest BCUT2D eigenvalue weighted by molar-refractivity contribution is 0.281. The first-order valence-electron chi connectivity index (χ1n) is 3.04. The van der Waals surface area contributed by atoms with E-state index in [9.17, 15) is 0 Å². The lowest BCUT2D eigenvalue weighted by atomic mass is 9.97. The van der Waals surface area contributed by atoms with Crippen LogP contribution in [0.1, 0.15) is 20.8 Å². The third kappa shape index (κ3) is 1.34. The van der Waals surface area contributed by atoms with Gasteiger partial charge in [-0.2, -0.15) is 0 Å². The molecule has 0 radical (unpaired) electrons. The van der Waals surface area contributed by atoms with E-state index in [0.717, 1.165) is 5.90 Å². The standard InChI is InChI=1S/C6H12N2O/c1-6(2,3)5-8-7-4-9-5/h7H,4H2,1-3H3. The van der Waals surface area contributed by atoms with Crippen molar-refractivity contribution in [3.05, 3.63) is 0 Å². The first kappa shape index (κ1) is 6.39. The summed E-state index contributed by atoms with van der Waals surface area (Å²) in [7, 11) is 0. The molecule has 3 heteroatoms. The molecule has 0 aliphatic carbocycles. The van der Waals surface area contributed by atoms with E-state index in [-0.39, 0.29) is 5.41 Å². The Balaban J connectivity index is 2.61. The fraction of sp³-hybridized carbons (Fsp3) is 0.833. The molecule has 0 unspecified atom stereocenters. The van der Waals surface area contributed by atoms with Gasteiger partial charge in [-0.3, -0.25) is 5.43 Å². The van der Waals surface area contributed by atoms with Crippen LogP contribution in [0, 0.1) is 5.41 Å². The summed E-state index contributed by atoms with van der Waals surface area (Å²) in [5.41, 5.74) is 2.79. The van der Waals surface area contributed by atoms with Crippen molar-refractivity contribution in [1.82, 2.24) is 5.43 Å². The summed E-state index contributed by atoms with van der Waals surface area (Å²) in [4.78, 5) is 0. The van der Waals surface area contributed by atoms with Gasteiger partial charge in [-0.05, 0) is 0 Å². The van der Waals surface area contributed by atoms with E-state index in [4.69, 9.17) is 4.74 Å². The van der Waals surface area contributed by atoms with Gasteiger partial charge in [0.1, 0.15) is 0 Å². The quantitative estimate of drug-likeness (QED) is 0.526. The van der Waals surface area contributed by atoms with E-state index in [2.05, 4.69) is 31.3 Å². The predicted octanol–water partition coefficient (Wildman–Crippen LogP) is 0.923. The van der Waals surface area contributed by atoms with Crippen molar-refractivity contribution in [2.45, 2.75) is 20.8 Å². The summed E-state index contributed by atoms with van der Waals surface area (Å²) in [6, 6.07) is 0. The highest BCUT2D eigenvalue weighted by Gasteiger charge is 2.23. The molecule has 0 saturated carbocycles. The van der Waals surface area contributed by atoms with E-state index in [1.165, 1.54) is 0 Å². The topological polar surface area (TPSA) is 33.6 Å². The SMILES string of the molecule is CC(C)(C)C1=NNCO1. The van der Waals surface area contributed by atoms with Gasteiger partial charge in [0.15, 0.2) is 6.73 Å². The van der Waals surface area contributed by atoms with Crippen LogP contribution >= 0.6 is 0 Å². The van der Waals surface area contributed by atoms with Gasteiger partial charge in [0.05, 0.1) is 0 Å². The Hall–Kier alpha value is -0.730. The summed E-state index contributed by atoms with van der Waals surface area (Å²) in [6.07, 6.45) is 0. The van der Waals surface area contributed by atoms with Crippen molar-refractivity contribution in [2.75, 3.05) is 6.73 Å². The molecule has 3 nitrogen and oxygen atoms in total. The summed E-state index contributed by atoms with van der Waals surface area (Å²) < 4.78 is 5.16. The molecular weight excluding hydrogens is 116 g/mol. The minimum Gasteiger partial charge on any atom is -0.457 e. The first-order chi connectivity index (χ1) is 4.11. The van der Waals surface area contributed by atoms with Crippen LogP contribution in [0.5, 0.6) is 0 Å². The third-order valence-electron chi connectivity index (χ3n) is 1.10. The molecule has 52 valence electrons. The van der Waals surface area contributed by atoms with Gasteiger partial charge in [-0.15, -0.1) is 5.10 Å². The maximum absolute atomic E-state index is 5.16. The molecule has 1 aliphatic heterocycles. The molecule has 0 aromatic heterocycles. The first-order valence-corrected chi connectivity index (χ1v) is 3.04. The van der Waals surface area contributed by atoms with E-state index in [1.807, 2.05) is 0 Å². The zero-order valence-corrected chi connectivity index (χ0v) is 6.06. The Labute approximate surface area is 55.1 Å². The maximum Gasteiger partial charge on any atom is 0.213 e. The average Bonchev–Trinajstić information content (AvgIpc) is 2.08. The number of rotatable bonds is 0. The second-order valence-corrected chi connectivity index (χ2v) is 3.11. The van der Waals surface area contributed by atoms with Gasteiger partial charge >= 0.3 is 0 Å². The Kier molecular flexibility index (Phi) is 1.35. The highest BCUT2D eigenvalue weighted by Crippen LogP contribution is 2.17. The lowest BCUT2D eigenvalue weighted by Gasteiger charge is -2.15. The van der Waals surface area contributed by atoms with Crippen molar-refractivity contribution in [1.29, 1.82) is 0 Å². The fourth-order valence-corrected chi connectivity index (χ4v) is 0.621. The van der Waals surface area contributed by atoms with Crippen LogP contribution in [0.3, 0.4) is 0 Å². The van der Waals surface area contributed by atoms with Crippen LogP contribution < -0.4 is 5.43 Å². The molecule has 0 aromatic rings. The monoisotopic (exact) mass is 128 g/mol. The predicted molar refractivity (Wildman–Crippen MR) is 36.0 cm³/mol. The fourth-order valence-electron chi connectivity index (χ4n) is 0.621. The zero-order valence-electron chi connectivity index (χ0n) is 6.06. The van der Waals surface area contributed by atoms with Gasteiger partial charge in [0, 0.05) is 5.41 Å². The molecule has 9 heavy (non-hydrogen) atoms. The van der Waals surface area contributed by atoms with Crippen LogP contribution in [0.15, 0.2) is 5.10 Å². The Bertz CT molecular complexity index is 134. The van der Waals surface area contributed by atoms with Crippen molar-refractivity contribution >= 4 is 5.90 Å². The molecule has 0 bridgehead atoms. The number of hydrogen-bond acceptors (Lipinski definition) is 3. The minimum atomic E-state index is 0.0451. The lowest BCUT2D eigenvalue weighted by Crippen LogP contribution is -2.20. The van der Waals surface area contributed by atoms with Gasteiger partial charge in [0.25, 0.3) is 0 Å². The smallest absolute Gasteiger partial charge is 0.213 e. The number of nitrogens with one attached hydrogen (secondary N) is 1. The number of nitrogens with zero attached hydrogens (tertiary/aromatic N) is 1. The molecule has 1 heterocycles. The molecule has 1 rings (SSSR count). The van der Waals surface area contributed by atoms with Gasteiger partial charge in [0.2, 0.25) is 5.90 Å². The zero-order chi connectivity index (χ0) is 6.91. The van der Waals surface area contributed by atoms with E-state index < -0.39 is 0 Å². The van der Waals surface area contributed by atoms with Crippen LogP contribution in [-0.4, -0.2) is 12.6 Å². The third-order valence-corrected chi connectivity index (χ3v) is 1.10. The summed E-state index contributed by atoms with van der Waals surface area (Å²) in [6.45, 7) is 6.73. The summed E-state index contributed by atoms with van der Waals surface area (Å²) >= 11 is 0. The van der Waals surface area contributed by atoms with Crippen LogP contribution in [-0.2, 0) is 4.74 Å². The van der Waals surface area contributed by atoms with Crippen molar-refractivity contribution in [3.8, 4) is 0 Å². The summed E-state index contributed by atoms with van der Waals surface area (Å²) in [5, 5.41) is 3.95. The molecule has 1 aliphatic rings. The molecular formula is C6H12N2O.